The van der Waals surface area contributed by atoms with E-state index in [1.54, 1.807) is 58.0 Å². The summed E-state index contributed by atoms with van der Waals surface area (Å²) in [6, 6.07) is 8.94. The van der Waals surface area contributed by atoms with Gasteiger partial charge < -0.3 is 34.9 Å². The van der Waals surface area contributed by atoms with Crippen molar-refractivity contribution >= 4 is 23.4 Å². The molecule has 13 nitrogen and oxygen atoms in total. The van der Waals surface area contributed by atoms with E-state index in [0.717, 1.165) is 25.7 Å². The van der Waals surface area contributed by atoms with Crippen LogP contribution in [0.3, 0.4) is 0 Å². The Balaban J connectivity index is 1.69. The number of pyridine rings is 1. The molecule has 2 heterocycles. The highest BCUT2D eigenvalue weighted by atomic mass is 16.5. The SMILES string of the molecule is CC/C=C(C(=O)NC)/C(=C\C(=C\CCC)NC(=O)C1CC1)Nc1cccc(-c2cnc(C(=O)N(CCOC)Cc3cccn(C)c3=O)nc2)c1OC. The van der Waals surface area contributed by atoms with Crippen LogP contribution in [0.2, 0.25) is 0 Å². The van der Waals surface area contributed by atoms with Gasteiger partial charge in [-0.1, -0.05) is 50.6 Å². The summed E-state index contributed by atoms with van der Waals surface area (Å²) >= 11 is 0. The third-order valence-corrected chi connectivity index (χ3v) is 8.40. The number of hydrogen-bond donors (Lipinski definition) is 3. The fourth-order valence-electron chi connectivity index (χ4n) is 5.42. The topological polar surface area (TPSA) is 157 Å². The minimum atomic E-state index is -0.447. The molecule has 0 aliphatic heterocycles. The zero-order chi connectivity index (χ0) is 37.6. The Morgan fingerprint density at radius 1 is 1.06 bits per heavy atom. The minimum absolute atomic E-state index is 0.00599. The van der Waals surface area contributed by atoms with E-state index in [-0.39, 0.29) is 48.8 Å². The number of unbranched alkanes of at least 4 members (excludes halogenated alkanes) is 1. The molecule has 0 bridgehead atoms. The van der Waals surface area contributed by atoms with Gasteiger partial charge in [0.1, 0.15) is 5.75 Å². The number of carbonyl (C=O) groups is 3. The molecule has 13 heteroatoms. The lowest BCUT2D eigenvalue weighted by Gasteiger charge is -2.22. The van der Waals surface area contributed by atoms with Gasteiger partial charge in [0.05, 0.1) is 37.2 Å². The number of likely N-dealkylation sites (N-methyl/N-ethyl adjacent to an activating group) is 1. The largest absolute Gasteiger partial charge is 0.494 e. The van der Waals surface area contributed by atoms with Crippen molar-refractivity contribution in [1.82, 2.24) is 30.1 Å². The Kier molecular flexibility index (Phi) is 14.5. The quantitative estimate of drug-likeness (QED) is 0.125. The number of carbonyl (C=O) groups excluding carboxylic acids is 3. The van der Waals surface area contributed by atoms with Crippen LogP contribution in [-0.2, 0) is 27.9 Å². The Morgan fingerprint density at radius 2 is 1.81 bits per heavy atom. The lowest BCUT2D eigenvalue weighted by Crippen LogP contribution is -2.37. The molecule has 276 valence electrons. The summed E-state index contributed by atoms with van der Waals surface area (Å²) in [6.45, 7) is 4.57. The van der Waals surface area contributed by atoms with Crippen LogP contribution in [0.1, 0.15) is 62.1 Å². The van der Waals surface area contributed by atoms with Crippen LogP contribution in [0.15, 0.2) is 88.9 Å². The Hall–Kier alpha value is -5.56. The number of nitrogens with zero attached hydrogens (tertiary/aromatic N) is 4. The van der Waals surface area contributed by atoms with Gasteiger partial charge in [0, 0.05) is 74.6 Å². The van der Waals surface area contributed by atoms with Gasteiger partial charge in [-0.2, -0.15) is 0 Å². The molecule has 4 rings (SSSR count). The van der Waals surface area contributed by atoms with Crippen LogP contribution in [-0.4, -0.2) is 71.6 Å². The monoisotopic (exact) mass is 711 g/mol. The smallest absolute Gasteiger partial charge is 0.292 e. The molecule has 1 fully saturated rings. The lowest BCUT2D eigenvalue weighted by molar-refractivity contribution is -0.121. The summed E-state index contributed by atoms with van der Waals surface area (Å²) < 4.78 is 12.6. The summed E-state index contributed by atoms with van der Waals surface area (Å²) in [6.07, 6.45) is 14.2. The van der Waals surface area contributed by atoms with Crippen LogP contribution in [0, 0.1) is 5.92 Å². The molecule has 1 saturated carbocycles. The molecule has 2 aromatic heterocycles. The molecule has 1 aromatic carbocycles. The van der Waals surface area contributed by atoms with Crippen LogP contribution < -0.4 is 26.2 Å². The first kappa shape index (κ1) is 39.2. The number of benzene rings is 1. The number of allylic oxidation sites excluding steroid dienone is 3. The molecular weight excluding hydrogens is 662 g/mol. The summed E-state index contributed by atoms with van der Waals surface area (Å²) in [7, 11) is 6.31. The van der Waals surface area contributed by atoms with E-state index in [0.29, 0.717) is 51.5 Å². The minimum Gasteiger partial charge on any atom is -0.494 e. The van der Waals surface area contributed by atoms with Crippen LogP contribution in [0.25, 0.3) is 11.1 Å². The molecular formula is C39H49N7O6. The number of nitrogens with one attached hydrogen (secondary N) is 3. The number of rotatable bonds is 18. The molecule has 0 spiro atoms. The number of methoxy groups -OCH3 is 2. The van der Waals surface area contributed by atoms with Crippen molar-refractivity contribution in [2.45, 2.75) is 52.5 Å². The van der Waals surface area contributed by atoms with E-state index in [1.165, 1.54) is 16.6 Å². The molecule has 52 heavy (non-hydrogen) atoms. The highest BCUT2D eigenvalue weighted by Crippen LogP contribution is 2.37. The molecule has 0 saturated heterocycles. The summed E-state index contributed by atoms with van der Waals surface area (Å²) in [5, 5.41) is 9.17. The summed E-state index contributed by atoms with van der Waals surface area (Å²) in [5.74, 6) is -0.355. The van der Waals surface area contributed by atoms with E-state index >= 15 is 0 Å². The standard InChI is InChI=1S/C39H49N7O6/c1-7-9-14-29(43-36(47)26-17-18-26)22-33(31(12-8-2)37(48)40-3)44-32-16-10-15-30(34(32)52-6)28-23-41-35(42-24-28)39(50)46(20-21-51-5)25-27-13-11-19-45(4)38(27)49/h10-16,19,22-24,26,44H,7-9,17-18,20-21,25H2,1-6H3,(H,40,48)(H,43,47)/b29-14-,31-12-,33-22+. The molecule has 3 aromatic rings. The molecule has 0 unspecified atom stereocenters. The average molecular weight is 712 g/mol. The lowest BCUT2D eigenvalue weighted by atomic mass is 10.0. The van der Waals surface area contributed by atoms with E-state index in [4.69, 9.17) is 9.47 Å². The number of aromatic nitrogens is 3. The Bertz CT molecular complexity index is 1880. The second-order valence-electron chi connectivity index (χ2n) is 12.4. The molecule has 1 aliphatic rings. The normalized spacial score (nSPS) is 13.4. The van der Waals surface area contributed by atoms with Crippen molar-refractivity contribution in [2.24, 2.45) is 13.0 Å². The first-order valence-corrected chi connectivity index (χ1v) is 17.5. The first-order valence-electron chi connectivity index (χ1n) is 17.5. The fraction of sp³-hybridized carbons (Fsp3) is 0.385. The maximum absolute atomic E-state index is 13.6. The zero-order valence-electron chi connectivity index (χ0n) is 30.8. The predicted molar refractivity (Wildman–Crippen MR) is 200 cm³/mol. The van der Waals surface area contributed by atoms with Crippen LogP contribution in [0.4, 0.5) is 5.69 Å². The molecule has 1 aliphatic carbocycles. The second-order valence-corrected chi connectivity index (χ2v) is 12.4. The number of anilines is 1. The molecule has 0 radical (unpaired) electrons. The number of aryl methyl sites for hydroxylation is 1. The van der Waals surface area contributed by atoms with Crippen LogP contribution >= 0.6 is 0 Å². The molecule has 3 amide bonds. The van der Waals surface area contributed by atoms with Gasteiger partial charge in [0.2, 0.25) is 11.7 Å². The van der Waals surface area contributed by atoms with Crippen molar-refractivity contribution in [3.8, 4) is 16.9 Å². The number of amides is 3. The first-order chi connectivity index (χ1) is 25.1. The summed E-state index contributed by atoms with van der Waals surface area (Å²) in [5.41, 5.74) is 3.50. The average Bonchev–Trinajstić information content (AvgIpc) is 4.01. The van der Waals surface area contributed by atoms with Crippen molar-refractivity contribution in [1.29, 1.82) is 0 Å². The van der Waals surface area contributed by atoms with Crippen molar-refractivity contribution in [2.75, 3.05) is 39.7 Å². The number of hydrogen-bond acceptors (Lipinski definition) is 9. The highest BCUT2D eigenvalue weighted by molar-refractivity contribution is 5.99. The molecule has 0 atom stereocenters. The van der Waals surface area contributed by atoms with Gasteiger partial charge in [-0.25, -0.2) is 9.97 Å². The third kappa shape index (κ3) is 10.3. The van der Waals surface area contributed by atoms with E-state index in [9.17, 15) is 19.2 Å². The maximum atomic E-state index is 13.6. The molecule has 3 N–H and O–H groups in total. The second kappa shape index (κ2) is 19.2. The fourth-order valence-corrected chi connectivity index (χ4v) is 5.42. The Labute approximate surface area is 304 Å². The van der Waals surface area contributed by atoms with Crippen molar-refractivity contribution in [3.63, 3.8) is 0 Å². The third-order valence-electron chi connectivity index (χ3n) is 8.40. The van der Waals surface area contributed by atoms with Gasteiger partial charge in [0.15, 0.2) is 0 Å². The van der Waals surface area contributed by atoms with Gasteiger partial charge in [-0.15, -0.1) is 0 Å². The van der Waals surface area contributed by atoms with Gasteiger partial charge in [-0.05, 0) is 43.9 Å². The van der Waals surface area contributed by atoms with E-state index < -0.39 is 5.91 Å². The Morgan fingerprint density at radius 3 is 2.44 bits per heavy atom. The highest BCUT2D eigenvalue weighted by Gasteiger charge is 2.30. The number of para-hydroxylation sites is 1. The number of ether oxygens (including phenoxy) is 2. The zero-order valence-corrected chi connectivity index (χ0v) is 30.8. The van der Waals surface area contributed by atoms with E-state index in [2.05, 4.69) is 32.8 Å². The van der Waals surface area contributed by atoms with Gasteiger partial charge in [0.25, 0.3) is 17.4 Å². The van der Waals surface area contributed by atoms with Crippen molar-refractivity contribution < 1.29 is 23.9 Å². The maximum Gasteiger partial charge on any atom is 0.292 e. The van der Waals surface area contributed by atoms with Gasteiger partial charge in [-0.3, -0.25) is 19.2 Å². The predicted octanol–water partition coefficient (Wildman–Crippen LogP) is 4.73. The van der Waals surface area contributed by atoms with E-state index in [1.807, 2.05) is 37.3 Å². The summed E-state index contributed by atoms with van der Waals surface area (Å²) in [4.78, 5) is 62.5. The van der Waals surface area contributed by atoms with Crippen LogP contribution in [0.5, 0.6) is 5.75 Å². The van der Waals surface area contributed by atoms with Crippen molar-refractivity contribution in [3.05, 3.63) is 106 Å². The van der Waals surface area contributed by atoms with Gasteiger partial charge >= 0.3 is 0 Å².